The molecule has 6 nitrogen and oxygen atoms in total. The highest BCUT2D eigenvalue weighted by Crippen LogP contribution is 2.49. The summed E-state index contributed by atoms with van der Waals surface area (Å²) in [5, 5.41) is 7.55. The summed E-state index contributed by atoms with van der Waals surface area (Å²) in [5.74, 6) is 0.754. The van der Waals surface area contributed by atoms with Gasteiger partial charge in [-0.3, -0.25) is 14.7 Å². The second-order valence-electron chi connectivity index (χ2n) is 9.57. The highest BCUT2D eigenvalue weighted by molar-refractivity contribution is 6.43. The summed E-state index contributed by atoms with van der Waals surface area (Å²) < 4.78 is 12.0. The van der Waals surface area contributed by atoms with Gasteiger partial charge in [0.2, 0.25) is 0 Å². The summed E-state index contributed by atoms with van der Waals surface area (Å²) in [6, 6.07) is 16.4. The standard InChI is InChI=1S/C26H28ClN3O3/c1-17(31)25-26(18-6-3-2-4-7-18,10-5-11-29-14-21-13-20(29)15-32-21)24-16-33-23-9-8-19(27)12-22(23)30(24)28-25/h2-4,6-9,12,20-21,24H,5,10-11,13-16H2,1H3. The Morgan fingerprint density at radius 3 is 2.79 bits per heavy atom. The molecule has 2 aromatic rings. The minimum Gasteiger partial charge on any atom is -0.489 e. The van der Waals surface area contributed by atoms with Gasteiger partial charge in [-0.05, 0) is 49.6 Å². The van der Waals surface area contributed by atoms with E-state index in [-0.39, 0.29) is 11.8 Å². The van der Waals surface area contributed by atoms with Crippen molar-refractivity contribution in [2.24, 2.45) is 5.10 Å². The number of Topliss-reactive ketones (excluding diaryl/α,β-unsaturated/α-hetero) is 1. The Morgan fingerprint density at radius 2 is 2.06 bits per heavy atom. The minimum absolute atomic E-state index is 0.00506. The molecule has 0 aliphatic carbocycles. The van der Waals surface area contributed by atoms with Crippen molar-refractivity contribution in [1.29, 1.82) is 0 Å². The van der Waals surface area contributed by atoms with E-state index in [1.54, 1.807) is 6.92 Å². The number of hydrazone groups is 1. The Labute approximate surface area is 199 Å². The number of ether oxygens (including phenoxy) is 2. The molecule has 0 aromatic heterocycles. The predicted octanol–water partition coefficient (Wildman–Crippen LogP) is 4.06. The average molecular weight is 466 g/mol. The van der Waals surface area contributed by atoms with Gasteiger partial charge in [0.25, 0.3) is 0 Å². The van der Waals surface area contributed by atoms with Crippen LogP contribution in [-0.4, -0.2) is 60.9 Å². The Balaban J connectivity index is 1.37. The lowest BCUT2D eigenvalue weighted by Gasteiger charge is -2.42. The second-order valence-corrected chi connectivity index (χ2v) is 10.0. The molecule has 4 aliphatic rings. The van der Waals surface area contributed by atoms with Crippen LogP contribution < -0.4 is 9.75 Å². The number of anilines is 1. The number of ketones is 1. The van der Waals surface area contributed by atoms with Crippen LogP contribution in [0.15, 0.2) is 53.6 Å². The van der Waals surface area contributed by atoms with Crippen molar-refractivity contribution >= 4 is 28.8 Å². The van der Waals surface area contributed by atoms with Gasteiger partial charge in [-0.2, -0.15) is 5.10 Å². The molecule has 172 valence electrons. The number of benzene rings is 2. The Kier molecular flexibility index (Phi) is 5.20. The molecular formula is C26H28ClN3O3. The average Bonchev–Trinajstić information content (AvgIpc) is 3.53. The first-order valence-corrected chi connectivity index (χ1v) is 12.2. The molecule has 7 heteroatoms. The topological polar surface area (TPSA) is 54.4 Å². The highest BCUT2D eigenvalue weighted by atomic mass is 35.5. The summed E-state index contributed by atoms with van der Waals surface area (Å²) in [5.41, 5.74) is 2.01. The molecule has 4 aliphatic heterocycles. The molecule has 2 fully saturated rings. The van der Waals surface area contributed by atoms with Gasteiger partial charge < -0.3 is 9.47 Å². The monoisotopic (exact) mass is 465 g/mol. The van der Waals surface area contributed by atoms with E-state index in [0.717, 1.165) is 56.0 Å². The zero-order valence-electron chi connectivity index (χ0n) is 18.7. The number of morpholine rings is 1. The van der Waals surface area contributed by atoms with Gasteiger partial charge in [0, 0.05) is 24.5 Å². The van der Waals surface area contributed by atoms with Crippen LogP contribution >= 0.6 is 11.6 Å². The van der Waals surface area contributed by atoms with E-state index in [2.05, 4.69) is 17.0 Å². The summed E-state index contributed by atoms with van der Waals surface area (Å²) in [6.07, 6.45) is 3.33. The molecule has 6 rings (SSSR count). The SMILES string of the molecule is CC(=O)C1=NN2c3cc(Cl)ccc3OCC2C1(CCCN1CC2CC1CO2)c1ccccc1. The van der Waals surface area contributed by atoms with Gasteiger partial charge in [0.15, 0.2) is 5.78 Å². The van der Waals surface area contributed by atoms with E-state index in [0.29, 0.717) is 29.5 Å². The lowest BCUT2D eigenvalue weighted by Crippen LogP contribution is -2.54. The van der Waals surface area contributed by atoms with Crippen LogP contribution in [0.4, 0.5) is 5.69 Å². The molecular weight excluding hydrogens is 438 g/mol. The van der Waals surface area contributed by atoms with Gasteiger partial charge in [-0.25, -0.2) is 0 Å². The first-order chi connectivity index (χ1) is 16.1. The predicted molar refractivity (Wildman–Crippen MR) is 128 cm³/mol. The van der Waals surface area contributed by atoms with E-state index < -0.39 is 5.41 Å². The van der Waals surface area contributed by atoms with Crippen molar-refractivity contribution in [3.05, 3.63) is 59.1 Å². The fraction of sp³-hybridized carbons (Fsp3) is 0.462. The van der Waals surface area contributed by atoms with Crippen LogP contribution in [0.2, 0.25) is 5.02 Å². The molecule has 2 aromatic carbocycles. The van der Waals surface area contributed by atoms with Crippen molar-refractivity contribution in [2.75, 3.05) is 31.3 Å². The summed E-state index contributed by atoms with van der Waals surface area (Å²) in [7, 11) is 0. The lowest BCUT2D eigenvalue weighted by molar-refractivity contribution is -0.111. The summed E-state index contributed by atoms with van der Waals surface area (Å²) in [6.45, 7) is 4.95. The zero-order chi connectivity index (χ0) is 22.6. The van der Waals surface area contributed by atoms with Crippen LogP contribution in [0.1, 0.15) is 31.7 Å². The van der Waals surface area contributed by atoms with E-state index >= 15 is 0 Å². The van der Waals surface area contributed by atoms with Crippen molar-refractivity contribution in [3.8, 4) is 5.75 Å². The fourth-order valence-corrected chi connectivity index (χ4v) is 6.39. The molecule has 2 bridgehead atoms. The Hall–Kier alpha value is -2.41. The van der Waals surface area contributed by atoms with Crippen LogP contribution in [-0.2, 0) is 14.9 Å². The van der Waals surface area contributed by atoms with Gasteiger partial charge >= 0.3 is 0 Å². The Morgan fingerprint density at radius 1 is 1.21 bits per heavy atom. The van der Waals surface area contributed by atoms with E-state index in [9.17, 15) is 4.79 Å². The van der Waals surface area contributed by atoms with Gasteiger partial charge in [0.1, 0.15) is 29.8 Å². The number of rotatable bonds is 6. The molecule has 4 unspecified atom stereocenters. The molecule has 4 heterocycles. The maximum absolute atomic E-state index is 13.0. The summed E-state index contributed by atoms with van der Waals surface area (Å²) in [4.78, 5) is 15.6. The highest BCUT2D eigenvalue weighted by Gasteiger charge is 2.56. The number of fused-ring (bicyclic) bond motifs is 5. The number of carbonyl (C=O) groups excluding carboxylic acids is 1. The third-order valence-electron chi connectivity index (χ3n) is 7.71. The maximum atomic E-state index is 13.0. The summed E-state index contributed by atoms with van der Waals surface area (Å²) >= 11 is 6.33. The van der Waals surface area contributed by atoms with E-state index in [4.69, 9.17) is 26.2 Å². The van der Waals surface area contributed by atoms with Gasteiger partial charge in [-0.1, -0.05) is 41.9 Å². The third-order valence-corrected chi connectivity index (χ3v) is 7.95. The molecule has 0 radical (unpaired) electrons. The smallest absolute Gasteiger partial charge is 0.176 e. The first-order valence-electron chi connectivity index (χ1n) is 11.8. The van der Waals surface area contributed by atoms with E-state index in [1.807, 2.05) is 41.4 Å². The molecule has 0 spiro atoms. The molecule has 4 atom stereocenters. The largest absolute Gasteiger partial charge is 0.489 e. The quantitative estimate of drug-likeness (QED) is 0.644. The van der Waals surface area contributed by atoms with Crippen molar-refractivity contribution in [2.45, 2.75) is 49.8 Å². The maximum Gasteiger partial charge on any atom is 0.176 e. The van der Waals surface area contributed by atoms with Crippen molar-refractivity contribution in [1.82, 2.24) is 4.90 Å². The molecule has 0 N–H and O–H groups in total. The lowest BCUT2D eigenvalue weighted by atomic mass is 9.67. The number of hydrogen-bond acceptors (Lipinski definition) is 6. The van der Waals surface area contributed by atoms with Crippen LogP contribution in [0, 0.1) is 0 Å². The van der Waals surface area contributed by atoms with E-state index in [1.165, 1.54) is 0 Å². The second kappa shape index (κ2) is 8.12. The third kappa shape index (κ3) is 3.38. The number of halogens is 1. The fourth-order valence-electron chi connectivity index (χ4n) is 6.22. The van der Waals surface area contributed by atoms with Crippen LogP contribution in [0.25, 0.3) is 0 Å². The molecule has 2 saturated heterocycles. The number of nitrogens with zero attached hydrogens (tertiary/aromatic N) is 3. The number of hydrogen-bond donors (Lipinski definition) is 0. The first kappa shape index (κ1) is 21.1. The van der Waals surface area contributed by atoms with Gasteiger partial charge in [-0.15, -0.1) is 0 Å². The number of carbonyl (C=O) groups is 1. The van der Waals surface area contributed by atoms with Crippen molar-refractivity contribution < 1.29 is 14.3 Å². The van der Waals surface area contributed by atoms with Crippen LogP contribution in [0.5, 0.6) is 5.75 Å². The molecule has 33 heavy (non-hydrogen) atoms. The molecule has 0 amide bonds. The number of likely N-dealkylation sites (tertiary alicyclic amines) is 1. The minimum atomic E-state index is -0.539. The van der Waals surface area contributed by atoms with Gasteiger partial charge in [0.05, 0.1) is 18.1 Å². The Bertz CT molecular complexity index is 1110. The molecule has 0 saturated carbocycles. The zero-order valence-corrected chi connectivity index (χ0v) is 19.5. The normalized spacial score (nSPS) is 30.1. The van der Waals surface area contributed by atoms with Crippen molar-refractivity contribution in [3.63, 3.8) is 0 Å². The van der Waals surface area contributed by atoms with Crippen LogP contribution in [0.3, 0.4) is 0 Å².